The van der Waals surface area contributed by atoms with E-state index in [-0.39, 0.29) is 32.0 Å². The summed E-state index contributed by atoms with van der Waals surface area (Å²) in [4.78, 5) is 35.4. The minimum atomic E-state index is -4.39. The van der Waals surface area contributed by atoms with E-state index in [0.29, 0.717) is 23.9 Å². The zero-order valence-corrected chi connectivity index (χ0v) is 38.7. The topological polar surface area (TPSA) is 108 Å². The first-order valence-corrected chi connectivity index (χ1v) is 24.5. The number of nitrogens with zero attached hydrogens (tertiary/aromatic N) is 1. The van der Waals surface area contributed by atoms with Crippen molar-refractivity contribution in [2.45, 2.75) is 187 Å². The Kier molecular flexibility index (Phi) is 38.5. The fraction of sp³-hybridized carbons (Fsp3) is 0.750. The molecule has 0 radical (unpaired) electrons. The van der Waals surface area contributed by atoms with Crippen LogP contribution in [-0.2, 0) is 32.7 Å². The second-order valence-electron chi connectivity index (χ2n) is 16.4. The molecule has 0 bridgehead atoms. The highest BCUT2D eigenvalue weighted by molar-refractivity contribution is 7.47. The van der Waals surface area contributed by atoms with Gasteiger partial charge in [-0.1, -0.05) is 177 Å². The van der Waals surface area contributed by atoms with Crippen LogP contribution in [-0.4, -0.2) is 74.9 Å². The van der Waals surface area contributed by atoms with Gasteiger partial charge in [-0.15, -0.1) is 0 Å². The monoisotopic (exact) mass is 837 g/mol. The number of ether oxygens (including phenoxy) is 2. The van der Waals surface area contributed by atoms with Gasteiger partial charge in [-0.25, -0.2) is 4.57 Å². The Morgan fingerprint density at radius 2 is 0.983 bits per heavy atom. The van der Waals surface area contributed by atoms with Crippen molar-refractivity contribution in [3.8, 4) is 0 Å². The van der Waals surface area contributed by atoms with Crippen molar-refractivity contribution < 1.29 is 42.1 Å². The van der Waals surface area contributed by atoms with Crippen LogP contribution < -0.4 is 0 Å². The first-order chi connectivity index (χ1) is 28.0. The van der Waals surface area contributed by atoms with Crippen LogP contribution in [0.25, 0.3) is 0 Å². The summed E-state index contributed by atoms with van der Waals surface area (Å²) in [5.74, 6) is -0.865. The number of rotatable bonds is 41. The Morgan fingerprint density at radius 1 is 0.552 bits per heavy atom. The SMILES string of the molecule is CC/C=C/C/C=C/C/C=C/C/C=C/C/C=C/CCCC(=O)O[C@H](COC(=O)CCCCCCCCCCCCCCCCCCC)COP(=O)(O)OCC[N+](C)(C)C. The lowest BCUT2D eigenvalue weighted by molar-refractivity contribution is -0.870. The van der Waals surface area contributed by atoms with Gasteiger partial charge in [-0.2, -0.15) is 0 Å². The molecule has 0 saturated carbocycles. The van der Waals surface area contributed by atoms with Crippen molar-refractivity contribution in [1.29, 1.82) is 0 Å². The molecule has 0 heterocycles. The van der Waals surface area contributed by atoms with Gasteiger partial charge >= 0.3 is 19.8 Å². The third-order valence-electron chi connectivity index (χ3n) is 9.56. The first-order valence-electron chi connectivity index (χ1n) is 23.0. The third-order valence-corrected chi connectivity index (χ3v) is 10.5. The second-order valence-corrected chi connectivity index (χ2v) is 17.9. The van der Waals surface area contributed by atoms with Gasteiger partial charge in [0, 0.05) is 12.8 Å². The van der Waals surface area contributed by atoms with Gasteiger partial charge in [0.25, 0.3) is 0 Å². The van der Waals surface area contributed by atoms with Crippen LogP contribution in [0, 0.1) is 0 Å². The Hall–Kier alpha value is -2.29. The summed E-state index contributed by atoms with van der Waals surface area (Å²) in [5.41, 5.74) is 0. The summed E-state index contributed by atoms with van der Waals surface area (Å²) in [7, 11) is 1.44. The molecule has 10 heteroatoms. The maximum absolute atomic E-state index is 12.7. The molecule has 0 aromatic heterocycles. The van der Waals surface area contributed by atoms with Crippen LogP contribution in [0.5, 0.6) is 0 Å². The molecule has 0 rings (SSSR count). The number of allylic oxidation sites excluding steroid dienone is 10. The van der Waals surface area contributed by atoms with Crippen molar-refractivity contribution in [3.05, 3.63) is 60.8 Å². The fourth-order valence-corrected chi connectivity index (χ4v) is 6.73. The number of carbonyl (C=O) groups is 2. The fourth-order valence-electron chi connectivity index (χ4n) is 5.99. The third kappa shape index (κ3) is 43.3. The number of quaternary nitrogens is 1. The summed E-state index contributed by atoms with van der Waals surface area (Å²) >= 11 is 0. The van der Waals surface area contributed by atoms with Gasteiger partial charge in [0.2, 0.25) is 0 Å². The quantitative estimate of drug-likeness (QED) is 0.0213. The van der Waals surface area contributed by atoms with E-state index in [2.05, 4.69) is 68.5 Å². The van der Waals surface area contributed by atoms with Gasteiger partial charge in [0.15, 0.2) is 6.10 Å². The van der Waals surface area contributed by atoms with E-state index in [1.807, 2.05) is 27.2 Å². The Balaban J connectivity index is 4.41. The van der Waals surface area contributed by atoms with Crippen molar-refractivity contribution >= 4 is 19.8 Å². The molecule has 0 aliphatic rings. The molecule has 0 aliphatic heterocycles. The number of hydrogen-bond donors (Lipinski definition) is 1. The molecule has 1 unspecified atom stereocenters. The summed E-state index contributed by atoms with van der Waals surface area (Å²) in [6.45, 7) is 4.25. The average Bonchev–Trinajstić information content (AvgIpc) is 3.17. The van der Waals surface area contributed by atoms with E-state index in [1.165, 1.54) is 89.9 Å². The van der Waals surface area contributed by atoms with Gasteiger partial charge in [0.1, 0.15) is 19.8 Å². The standard InChI is InChI=1S/C48H86NO8P/c1-6-8-10-12-14-16-18-20-22-24-26-28-30-32-34-36-38-40-47(50)54-44-46(45-56-58(52,53)55-43-42-49(3,4)5)57-48(51)41-39-37-35-33-31-29-27-25-23-21-19-17-15-13-11-9-7-2/h9,11,15,17,21,23,27,29,33,35,46H,6-8,10,12-14,16,18-20,22,24-26,28,30-32,34,36-45H2,1-5H3/p+1/b11-9+,17-15+,23-21+,29-27+,35-33+/t46-/m1/s1. The van der Waals surface area contributed by atoms with Crippen molar-refractivity contribution in [2.75, 3.05) is 47.5 Å². The number of carbonyl (C=O) groups excluding carboxylic acids is 2. The van der Waals surface area contributed by atoms with E-state index < -0.39 is 26.5 Å². The average molecular weight is 837 g/mol. The second kappa shape index (κ2) is 40.1. The molecule has 336 valence electrons. The molecular formula is C48H87NO8P+. The molecule has 9 nitrogen and oxygen atoms in total. The molecule has 0 aromatic carbocycles. The lowest BCUT2D eigenvalue weighted by Gasteiger charge is -2.24. The van der Waals surface area contributed by atoms with Gasteiger partial charge in [-0.05, 0) is 51.4 Å². The van der Waals surface area contributed by atoms with Crippen LogP contribution in [0.4, 0.5) is 0 Å². The van der Waals surface area contributed by atoms with E-state index in [1.54, 1.807) is 0 Å². The summed E-state index contributed by atoms with van der Waals surface area (Å²) in [6.07, 6.45) is 48.5. The Bertz CT molecular complexity index is 1170. The Labute approximate surface area is 356 Å². The van der Waals surface area contributed by atoms with Crippen molar-refractivity contribution in [2.24, 2.45) is 0 Å². The van der Waals surface area contributed by atoms with E-state index >= 15 is 0 Å². The highest BCUT2D eigenvalue weighted by atomic mass is 31.2. The van der Waals surface area contributed by atoms with Gasteiger partial charge < -0.3 is 18.9 Å². The molecule has 0 aliphatic carbocycles. The number of unbranched alkanes of at least 4 members (excludes halogenated alkanes) is 17. The van der Waals surface area contributed by atoms with E-state index in [0.717, 1.165) is 51.4 Å². The summed E-state index contributed by atoms with van der Waals surface area (Å²) < 4.78 is 34.3. The minimum absolute atomic E-state index is 0.0197. The number of phosphoric ester groups is 1. The summed E-state index contributed by atoms with van der Waals surface area (Å²) in [6, 6.07) is 0. The van der Waals surface area contributed by atoms with Gasteiger partial charge in [0.05, 0.1) is 27.7 Å². The number of likely N-dealkylation sites (N-methyl/N-ethyl adjacent to an activating group) is 1. The lowest BCUT2D eigenvalue weighted by atomic mass is 10.0. The first kappa shape index (κ1) is 55.7. The molecule has 0 aromatic rings. The van der Waals surface area contributed by atoms with Crippen LogP contribution in [0.3, 0.4) is 0 Å². The summed E-state index contributed by atoms with van der Waals surface area (Å²) in [5, 5.41) is 0. The number of esters is 2. The van der Waals surface area contributed by atoms with Crippen LogP contribution in [0.15, 0.2) is 60.8 Å². The predicted molar refractivity (Wildman–Crippen MR) is 243 cm³/mol. The highest BCUT2D eigenvalue weighted by Gasteiger charge is 2.27. The largest absolute Gasteiger partial charge is 0.472 e. The normalized spacial score (nSPS) is 14.1. The zero-order chi connectivity index (χ0) is 42.8. The molecule has 1 N–H and O–H groups in total. The number of hydrogen-bond acceptors (Lipinski definition) is 7. The molecule has 58 heavy (non-hydrogen) atoms. The van der Waals surface area contributed by atoms with Crippen molar-refractivity contribution in [1.82, 2.24) is 0 Å². The van der Waals surface area contributed by atoms with Crippen LogP contribution >= 0.6 is 7.82 Å². The van der Waals surface area contributed by atoms with E-state index in [9.17, 15) is 19.0 Å². The molecule has 0 amide bonds. The molecule has 0 saturated heterocycles. The smallest absolute Gasteiger partial charge is 0.462 e. The molecule has 2 atom stereocenters. The predicted octanol–water partition coefficient (Wildman–Crippen LogP) is 13.2. The molecule has 0 spiro atoms. The van der Waals surface area contributed by atoms with E-state index in [4.69, 9.17) is 18.5 Å². The number of phosphoric acid groups is 1. The maximum atomic E-state index is 12.7. The van der Waals surface area contributed by atoms with Gasteiger partial charge in [-0.3, -0.25) is 18.6 Å². The highest BCUT2D eigenvalue weighted by Crippen LogP contribution is 2.43. The lowest BCUT2D eigenvalue weighted by Crippen LogP contribution is -2.37. The maximum Gasteiger partial charge on any atom is 0.472 e. The van der Waals surface area contributed by atoms with Crippen LogP contribution in [0.2, 0.25) is 0 Å². The molecule has 0 fully saturated rings. The van der Waals surface area contributed by atoms with Crippen LogP contribution in [0.1, 0.15) is 181 Å². The molecular weight excluding hydrogens is 750 g/mol. The minimum Gasteiger partial charge on any atom is -0.462 e. The van der Waals surface area contributed by atoms with Crippen molar-refractivity contribution in [3.63, 3.8) is 0 Å². The Morgan fingerprint density at radius 3 is 1.45 bits per heavy atom. The zero-order valence-electron chi connectivity index (χ0n) is 37.8.